The van der Waals surface area contributed by atoms with Gasteiger partial charge in [-0.1, -0.05) is 72.8 Å². The van der Waals surface area contributed by atoms with Crippen molar-refractivity contribution in [3.05, 3.63) is 114 Å². The lowest BCUT2D eigenvalue weighted by Crippen LogP contribution is -2.60. The first-order chi connectivity index (χ1) is 14.9. The second-order valence-corrected chi connectivity index (χ2v) is 9.32. The van der Waals surface area contributed by atoms with Gasteiger partial charge in [-0.25, -0.2) is 0 Å². The van der Waals surface area contributed by atoms with Crippen LogP contribution < -0.4 is 18.7 Å². The van der Waals surface area contributed by atoms with E-state index in [9.17, 15) is 14.0 Å². The van der Waals surface area contributed by atoms with Crippen LogP contribution in [0.3, 0.4) is 0 Å². The number of methoxy groups -OCH3 is 1. The zero-order valence-corrected chi connectivity index (χ0v) is 18.1. The van der Waals surface area contributed by atoms with Crippen molar-refractivity contribution in [2.24, 2.45) is 0 Å². The molecule has 0 spiro atoms. The highest BCUT2D eigenvalue weighted by molar-refractivity contribution is 8.20. The van der Waals surface area contributed by atoms with Crippen molar-refractivity contribution >= 4 is 26.1 Å². The molecule has 0 fully saturated rings. The zero-order chi connectivity index (χ0) is 21.8. The molecule has 158 valence electrons. The molecule has 31 heavy (non-hydrogen) atoms. The SMILES string of the molecule is COc1ccc(C2=CC(c3ccccc3)=S(O[Cl+3]([O-])([O-])[O-])C(c3ccccc3)=C2)cc1. The van der Waals surface area contributed by atoms with Crippen LogP contribution in [-0.2, 0) is 3.74 Å². The molecule has 0 aromatic heterocycles. The van der Waals surface area contributed by atoms with Crippen molar-refractivity contribution < 1.29 is 32.7 Å². The molecule has 0 N–H and O–H groups in total. The van der Waals surface area contributed by atoms with Crippen molar-refractivity contribution in [3.63, 3.8) is 0 Å². The maximum atomic E-state index is 11.6. The Balaban J connectivity index is 1.95. The molecule has 0 saturated carbocycles. The van der Waals surface area contributed by atoms with E-state index in [1.54, 1.807) is 7.11 Å². The Labute approximate surface area is 185 Å². The van der Waals surface area contributed by atoms with Crippen molar-refractivity contribution in [2.75, 3.05) is 7.11 Å². The van der Waals surface area contributed by atoms with Crippen molar-refractivity contribution in [2.45, 2.75) is 0 Å². The zero-order valence-electron chi connectivity index (χ0n) is 16.6. The lowest BCUT2D eigenvalue weighted by molar-refractivity contribution is -1.91. The van der Waals surface area contributed by atoms with Crippen LogP contribution in [0.1, 0.15) is 16.7 Å². The molecule has 0 amide bonds. The van der Waals surface area contributed by atoms with E-state index in [0.717, 1.165) is 28.0 Å². The predicted molar refractivity (Wildman–Crippen MR) is 115 cm³/mol. The van der Waals surface area contributed by atoms with Gasteiger partial charge in [-0.05, 0) is 46.5 Å². The Morgan fingerprint density at radius 1 is 0.677 bits per heavy atom. The molecule has 4 rings (SSSR count). The van der Waals surface area contributed by atoms with Crippen LogP contribution in [-0.4, -0.2) is 12.0 Å². The average molecular weight is 455 g/mol. The van der Waals surface area contributed by atoms with E-state index >= 15 is 0 Å². The summed E-state index contributed by atoms with van der Waals surface area (Å²) >= 11 is 0. The van der Waals surface area contributed by atoms with Crippen LogP contribution in [0.25, 0.3) is 10.5 Å². The highest BCUT2D eigenvalue weighted by atomic mass is 35.7. The second kappa shape index (κ2) is 9.20. The van der Waals surface area contributed by atoms with E-state index in [2.05, 4.69) is 0 Å². The van der Waals surface area contributed by atoms with E-state index in [4.69, 9.17) is 8.47 Å². The van der Waals surface area contributed by atoms with E-state index in [0.29, 0.717) is 9.77 Å². The van der Waals surface area contributed by atoms with Gasteiger partial charge in [0, 0.05) is 0 Å². The lowest BCUT2D eigenvalue weighted by Gasteiger charge is -2.22. The minimum Gasteiger partial charge on any atom is -0.497 e. The molecule has 5 nitrogen and oxygen atoms in total. The van der Waals surface area contributed by atoms with Crippen LogP contribution in [0.2, 0.25) is 0 Å². The first kappa shape index (κ1) is 21.5. The summed E-state index contributed by atoms with van der Waals surface area (Å²) in [4.78, 5) is 1.22. The molecule has 0 bridgehead atoms. The van der Waals surface area contributed by atoms with Gasteiger partial charge in [-0.3, -0.25) is 0 Å². The van der Waals surface area contributed by atoms with E-state index in [1.165, 1.54) is 0 Å². The Bertz CT molecular complexity index is 1150. The third-order valence-corrected chi connectivity index (χ3v) is 7.28. The number of rotatable bonds is 6. The van der Waals surface area contributed by atoms with Crippen LogP contribution in [0.5, 0.6) is 5.75 Å². The van der Waals surface area contributed by atoms with Gasteiger partial charge < -0.3 is 4.74 Å². The summed E-state index contributed by atoms with van der Waals surface area (Å²) in [5.74, 6) is 0.735. The summed E-state index contributed by atoms with van der Waals surface area (Å²) in [5.41, 5.74) is 3.34. The Morgan fingerprint density at radius 3 is 1.81 bits per heavy atom. The van der Waals surface area contributed by atoms with Crippen LogP contribution in [0.15, 0.2) is 97.1 Å². The van der Waals surface area contributed by atoms with Gasteiger partial charge in [-0.15, -0.1) is 0 Å². The molecular weight excluding hydrogens is 436 g/mol. The summed E-state index contributed by atoms with van der Waals surface area (Å²) in [6, 6.07) is 26.2. The maximum absolute atomic E-state index is 11.6. The standard InChI is InChI=1S/C24H19ClO5S/c1-29-22-14-12-18(13-15-22)21-16-23(19-8-4-2-5-9-19)31(30-25(26,27)28)24(17-21)20-10-6-3-7-11-20/h2-17H,1H3. The molecule has 3 aromatic carbocycles. The normalized spacial score (nSPS) is 16.5. The smallest absolute Gasteiger partial charge is 0.148 e. The minimum absolute atomic E-state index is 0.611. The summed E-state index contributed by atoms with van der Waals surface area (Å²) in [6.07, 6.45) is 3.74. The number of benzene rings is 3. The van der Waals surface area contributed by atoms with Crippen molar-refractivity contribution in [3.8, 4) is 5.75 Å². The Hall–Kier alpha value is -2.71. The van der Waals surface area contributed by atoms with Gasteiger partial charge in [0.2, 0.25) is 0 Å². The molecule has 1 unspecified atom stereocenters. The topological polar surface area (TPSA) is 87.6 Å². The number of hydrogen-bond donors (Lipinski definition) is 0. The van der Waals surface area contributed by atoms with Crippen molar-refractivity contribution in [1.29, 1.82) is 0 Å². The van der Waals surface area contributed by atoms with Crippen molar-refractivity contribution in [1.82, 2.24) is 0 Å². The fourth-order valence-corrected chi connectivity index (χ4v) is 5.80. The monoisotopic (exact) mass is 454 g/mol. The summed E-state index contributed by atoms with van der Waals surface area (Å²) in [7, 11) is -4.46. The van der Waals surface area contributed by atoms with E-state index in [1.807, 2.05) is 97.1 Å². The quantitative estimate of drug-likeness (QED) is 0.534. The largest absolute Gasteiger partial charge is 0.497 e. The minimum atomic E-state index is -4.64. The van der Waals surface area contributed by atoms with Gasteiger partial charge in [0.25, 0.3) is 0 Å². The van der Waals surface area contributed by atoms with Gasteiger partial charge in [-0.2, -0.15) is 14.0 Å². The van der Waals surface area contributed by atoms with Crippen LogP contribution in [0.4, 0.5) is 0 Å². The third kappa shape index (κ3) is 5.14. The molecule has 3 aromatic rings. The fraction of sp³-hybridized carbons (Fsp3) is 0.0417. The number of allylic oxidation sites excluding steroid dienone is 3. The average Bonchev–Trinajstić information content (AvgIpc) is 2.79. The molecule has 1 heterocycles. The molecule has 7 heteroatoms. The molecular formula is C24H19ClO5S. The molecule has 0 saturated heterocycles. The predicted octanol–water partition coefficient (Wildman–Crippen LogP) is 2.45. The van der Waals surface area contributed by atoms with Gasteiger partial charge in [0.05, 0.1) is 27.1 Å². The van der Waals surface area contributed by atoms with Gasteiger partial charge in [0.15, 0.2) is 0 Å². The van der Waals surface area contributed by atoms with Crippen LogP contribution in [0, 0.1) is 10.2 Å². The first-order valence-corrected chi connectivity index (χ1v) is 11.7. The highest BCUT2D eigenvalue weighted by Crippen LogP contribution is 2.45. The summed E-state index contributed by atoms with van der Waals surface area (Å²) < 4.78 is 45.1. The second-order valence-electron chi connectivity index (χ2n) is 6.64. The Morgan fingerprint density at radius 2 is 1.26 bits per heavy atom. The Kier molecular flexibility index (Phi) is 6.38. The fourth-order valence-electron chi connectivity index (χ4n) is 3.23. The maximum Gasteiger partial charge on any atom is 0.148 e. The molecule has 1 aliphatic rings. The van der Waals surface area contributed by atoms with Gasteiger partial charge >= 0.3 is 0 Å². The van der Waals surface area contributed by atoms with Gasteiger partial charge in [0.1, 0.15) is 20.3 Å². The molecule has 0 aliphatic carbocycles. The molecule has 1 aliphatic heterocycles. The lowest BCUT2D eigenvalue weighted by atomic mass is 10.0. The molecule has 1 atom stereocenters. The number of hydrogen-bond acceptors (Lipinski definition) is 5. The summed E-state index contributed by atoms with van der Waals surface area (Å²) in [5, 5.41) is 0. The van der Waals surface area contributed by atoms with E-state index < -0.39 is 21.0 Å². The number of ether oxygens (including phenoxy) is 1. The highest BCUT2D eigenvalue weighted by Gasteiger charge is 2.31. The summed E-state index contributed by atoms with van der Waals surface area (Å²) in [6.45, 7) is 0. The molecule has 0 radical (unpaired) electrons. The third-order valence-electron chi connectivity index (χ3n) is 4.65. The number of halogens is 1. The van der Waals surface area contributed by atoms with E-state index in [-0.39, 0.29) is 0 Å². The van der Waals surface area contributed by atoms with Crippen LogP contribution >= 0.6 is 10.8 Å². The first-order valence-electron chi connectivity index (χ1n) is 9.35.